The molecule has 0 radical (unpaired) electrons. The predicted octanol–water partition coefficient (Wildman–Crippen LogP) is 2.96. The summed E-state index contributed by atoms with van der Waals surface area (Å²) in [5.41, 5.74) is 5.04. The second kappa shape index (κ2) is 7.35. The number of hydrogen-bond donors (Lipinski definition) is 1. The Labute approximate surface area is 163 Å². The van der Waals surface area contributed by atoms with E-state index >= 15 is 0 Å². The SMILES string of the molecule is Cc1n[nH]c(C)c1C(C)N(C)C(=O)c1cnc2c(c1)ncn2C1CCOCC1. The zero-order chi connectivity index (χ0) is 19.8. The van der Waals surface area contributed by atoms with Crippen LogP contribution in [0, 0.1) is 13.8 Å². The Kier molecular flexibility index (Phi) is 4.89. The number of nitrogens with one attached hydrogen (secondary N) is 1. The average Bonchev–Trinajstić information content (AvgIpc) is 3.29. The summed E-state index contributed by atoms with van der Waals surface area (Å²) < 4.78 is 7.55. The standard InChI is InChI=1S/C20H26N6O2/c1-12-18(13(2)24-23-12)14(3)25(4)20(27)15-9-17-19(21-10-15)26(11-22-17)16-5-7-28-8-6-16/h9-11,14,16H,5-8H2,1-4H3,(H,23,24). The van der Waals surface area contributed by atoms with Gasteiger partial charge in [0, 0.05) is 43.8 Å². The lowest BCUT2D eigenvalue weighted by Gasteiger charge is -2.25. The fourth-order valence-corrected chi connectivity index (χ4v) is 4.01. The predicted molar refractivity (Wildman–Crippen MR) is 105 cm³/mol. The van der Waals surface area contributed by atoms with Crippen molar-refractivity contribution in [1.82, 2.24) is 29.6 Å². The van der Waals surface area contributed by atoms with Gasteiger partial charge in [0.15, 0.2) is 5.65 Å². The monoisotopic (exact) mass is 382 g/mol. The maximum absolute atomic E-state index is 13.1. The van der Waals surface area contributed by atoms with E-state index in [1.807, 2.05) is 40.2 Å². The van der Waals surface area contributed by atoms with Crippen LogP contribution in [-0.4, -0.2) is 55.8 Å². The van der Waals surface area contributed by atoms with Crippen LogP contribution in [0.1, 0.15) is 59.2 Å². The topological polar surface area (TPSA) is 88.9 Å². The molecule has 0 spiro atoms. The van der Waals surface area contributed by atoms with Crippen molar-refractivity contribution in [3.05, 3.63) is 41.1 Å². The fraction of sp³-hybridized carbons (Fsp3) is 0.500. The van der Waals surface area contributed by atoms with E-state index in [2.05, 4.69) is 24.7 Å². The first-order chi connectivity index (χ1) is 13.5. The number of carbonyl (C=O) groups is 1. The van der Waals surface area contributed by atoms with Gasteiger partial charge in [-0.1, -0.05) is 0 Å². The van der Waals surface area contributed by atoms with Crippen LogP contribution in [0.2, 0.25) is 0 Å². The average molecular weight is 382 g/mol. The molecule has 1 unspecified atom stereocenters. The number of amides is 1. The molecule has 1 N–H and O–H groups in total. The Morgan fingerprint density at radius 1 is 1.32 bits per heavy atom. The van der Waals surface area contributed by atoms with Crippen molar-refractivity contribution in [2.45, 2.75) is 45.7 Å². The number of aromatic nitrogens is 5. The van der Waals surface area contributed by atoms with Crippen LogP contribution in [0.15, 0.2) is 18.6 Å². The van der Waals surface area contributed by atoms with Gasteiger partial charge in [-0.2, -0.15) is 5.10 Å². The molecule has 1 aliphatic heterocycles. The summed E-state index contributed by atoms with van der Waals surface area (Å²) in [6.45, 7) is 7.45. The van der Waals surface area contributed by atoms with Crippen molar-refractivity contribution >= 4 is 17.1 Å². The third-order valence-corrected chi connectivity index (χ3v) is 5.75. The Morgan fingerprint density at radius 3 is 2.75 bits per heavy atom. The Hall–Kier alpha value is -2.74. The molecule has 3 aromatic rings. The van der Waals surface area contributed by atoms with E-state index < -0.39 is 0 Å². The van der Waals surface area contributed by atoms with E-state index in [1.165, 1.54) is 0 Å². The maximum Gasteiger partial charge on any atom is 0.255 e. The number of imidazole rings is 1. The quantitative estimate of drug-likeness (QED) is 0.749. The highest BCUT2D eigenvalue weighted by atomic mass is 16.5. The van der Waals surface area contributed by atoms with Crippen LogP contribution in [0.3, 0.4) is 0 Å². The minimum absolute atomic E-state index is 0.0810. The summed E-state index contributed by atoms with van der Waals surface area (Å²) in [4.78, 5) is 23.8. The van der Waals surface area contributed by atoms with Crippen LogP contribution in [0.25, 0.3) is 11.2 Å². The smallest absolute Gasteiger partial charge is 0.255 e. The van der Waals surface area contributed by atoms with Crippen molar-refractivity contribution < 1.29 is 9.53 Å². The van der Waals surface area contributed by atoms with E-state index in [-0.39, 0.29) is 11.9 Å². The summed E-state index contributed by atoms with van der Waals surface area (Å²) in [6.07, 6.45) is 5.39. The zero-order valence-corrected chi connectivity index (χ0v) is 16.8. The van der Waals surface area contributed by atoms with Crippen LogP contribution in [0.5, 0.6) is 0 Å². The van der Waals surface area contributed by atoms with E-state index in [4.69, 9.17) is 4.74 Å². The molecular weight excluding hydrogens is 356 g/mol. The zero-order valence-electron chi connectivity index (χ0n) is 16.8. The van der Waals surface area contributed by atoms with Crippen LogP contribution in [0.4, 0.5) is 0 Å². The van der Waals surface area contributed by atoms with Gasteiger partial charge in [-0.3, -0.25) is 9.89 Å². The molecule has 28 heavy (non-hydrogen) atoms. The minimum atomic E-state index is -0.0956. The molecule has 1 saturated heterocycles. The Bertz CT molecular complexity index is 982. The summed E-state index contributed by atoms with van der Waals surface area (Å²) in [5, 5.41) is 7.23. The van der Waals surface area contributed by atoms with Crippen LogP contribution >= 0.6 is 0 Å². The molecule has 8 nitrogen and oxygen atoms in total. The van der Waals surface area contributed by atoms with Crippen molar-refractivity contribution in [3.8, 4) is 0 Å². The van der Waals surface area contributed by atoms with Crippen molar-refractivity contribution in [2.24, 2.45) is 0 Å². The number of aromatic amines is 1. The lowest BCUT2D eigenvalue weighted by atomic mass is 10.0. The van der Waals surface area contributed by atoms with Gasteiger partial charge in [-0.15, -0.1) is 0 Å². The highest BCUT2D eigenvalue weighted by Gasteiger charge is 2.24. The number of pyridine rings is 1. The number of fused-ring (bicyclic) bond motifs is 1. The molecule has 0 aromatic carbocycles. The molecule has 148 valence electrons. The van der Waals surface area contributed by atoms with E-state index in [9.17, 15) is 4.79 Å². The van der Waals surface area contributed by atoms with E-state index in [0.29, 0.717) is 11.6 Å². The Balaban J connectivity index is 1.59. The van der Waals surface area contributed by atoms with Crippen LogP contribution in [-0.2, 0) is 4.74 Å². The first kappa shape index (κ1) is 18.6. The molecule has 0 bridgehead atoms. The molecule has 0 aliphatic carbocycles. The molecule has 4 rings (SSSR count). The highest BCUT2D eigenvalue weighted by molar-refractivity contribution is 5.96. The molecule has 4 heterocycles. The summed E-state index contributed by atoms with van der Waals surface area (Å²) >= 11 is 0. The number of nitrogens with zero attached hydrogens (tertiary/aromatic N) is 5. The first-order valence-electron chi connectivity index (χ1n) is 9.66. The number of hydrogen-bond acceptors (Lipinski definition) is 5. The van der Waals surface area contributed by atoms with Crippen molar-refractivity contribution in [3.63, 3.8) is 0 Å². The first-order valence-corrected chi connectivity index (χ1v) is 9.66. The summed E-state index contributed by atoms with van der Waals surface area (Å²) in [7, 11) is 1.81. The van der Waals surface area contributed by atoms with Gasteiger partial charge in [0.2, 0.25) is 0 Å². The minimum Gasteiger partial charge on any atom is -0.381 e. The molecule has 1 amide bonds. The van der Waals surface area contributed by atoms with E-state index in [1.54, 1.807) is 11.1 Å². The number of H-pyrrole nitrogens is 1. The second-order valence-corrected chi connectivity index (χ2v) is 7.50. The highest BCUT2D eigenvalue weighted by Crippen LogP contribution is 2.27. The second-order valence-electron chi connectivity index (χ2n) is 7.50. The number of ether oxygens (including phenoxy) is 1. The molecule has 1 atom stereocenters. The van der Waals surface area contributed by atoms with E-state index in [0.717, 1.165) is 54.2 Å². The molecule has 3 aromatic heterocycles. The summed E-state index contributed by atoms with van der Waals surface area (Å²) in [5.74, 6) is -0.0810. The normalized spacial score (nSPS) is 16.4. The molecule has 1 fully saturated rings. The van der Waals surface area contributed by atoms with Gasteiger partial charge in [-0.25, -0.2) is 9.97 Å². The number of carbonyl (C=O) groups excluding carboxylic acids is 1. The lowest BCUT2D eigenvalue weighted by molar-refractivity contribution is 0.0704. The van der Waals surface area contributed by atoms with Gasteiger partial charge in [0.25, 0.3) is 5.91 Å². The third-order valence-electron chi connectivity index (χ3n) is 5.75. The number of rotatable bonds is 4. The van der Waals surface area contributed by atoms with Crippen molar-refractivity contribution in [1.29, 1.82) is 0 Å². The molecule has 1 aliphatic rings. The lowest BCUT2D eigenvalue weighted by Crippen LogP contribution is -2.30. The van der Waals surface area contributed by atoms with Gasteiger partial charge < -0.3 is 14.2 Å². The largest absolute Gasteiger partial charge is 0.381 e. The number of aryl methyl sites for hydroxylation is 2. The fourth-order valence-electron chi connectivity index (χ4n) is 4.01. The maximum atomic E-state index is 13.1. The molecule has 0 saturated carbocycles. The third kappa shape index (κ3) is 3.17. The van der Waals surface area contributed by atoms with Gasteiger partial charge in [0.1, 0.15) is 5.52 Å². The Morgan fingerprint density at radius 2 is 2.07 bits per heavy atom. The van der Waals surface area contributed by atoms with Crippen LogP contribution < -0.4 is 0 Å². The van der Waals surface area contributed by atoms with Gasteiger partial charge >= 0.3 is 0 Å². The summed E-state index contributed by atoms with van der Waals surface area (Å²) in [6, 6.07) is 2.09. The van der Waals surface area contributed by atoms with Gasteiger partial charge in [0.05, 0.1) is 23.6 Å². The molecule has 8 heteroatoms. The van der Waals surface area contributed by atoms with Crippen molar-refractivity contribution in [2.75, 3.05) is 20.3 Å². The van der Waals surface area contributed by atoms with Gasteiger partial charge in [-0.05, 0) is 39.7 Å². The molecular formula is C20H26N6O2.